The SMILES string of the molecule is CCc1nc(C(=O)N2CC[C@@H](O)C2)n[nH]1. The Labute approximate surface area is 87.3 Å². The van der Waals surface area contributed by atoms with E-state index in [2.05, 4.69) is 15.2 Å². The monoisotopic (exact) mass is 210 g/mol. The lowest BCUT2D eigenvalue weighted by Gasteiger charge is -2.12. The average molecular weight is 210 g/mol. The van der Waals surface area contributed by atoms with E-state index in [1.165, 1.54) is 0 Å². The van der Waals surface area contributed by atoms with E-state index in [9.17, 15) is 9.90 Å². The number of nitrogens with zero attached hydrogens (tertiary/aromatic N) is 3. The number of aliphatic hydroxyl groups is 1. The molecule has 1 aliphatic heterocycles. The van der Waals surface area contributed by atoms with Crippen molar-refractivity contribution in [2.75, 3.05) is 13.1 Å². The van der Waals surface area contributed by atoms with Gasteiger partial charge in [0.2, 0.25) is 5.82 Å². The van der Waals surface area contributed by atoms with Crippen LogP contribution in [-0.4, -0.2) is 50.3 Å². The van der Waals surface area contributed by atoms with Gasteiger partial charge in [0.1, 0.15) is 5.82 Å². The number of hydrogen-bond acceptors (Lipinski definition) is 4. The standard InChI is InChI=1S/C9H14N4O2/c1-2-7-10-8(12-11-7)9(15)13-4-3-6(14)5-13/h6,14H,2-5H2,1H3,(H,10,11,12)/t6-/m1/s1. The van der Waals surface area contributed by atoms with Crippen LogP contribution in [0, 0.1) is 0 Å². The molecule has 0 aliphatic carbocycles. The second-order valence-electron chi connectivity index (χ2n) is 3.65. The number of H-pyrrole nitrogens is 1. The van der Waals surface area contributed by atoms with Gasteiger partial charge in [-0.05, 0) is 6.42 Å². The van der Waals surface area contributed by atoms with Crippen molar-refractivity contribution in [3.8, 4) is 0 Å². The number of nitrogens with one attached hydrogen (secondary N) is 1. The lowest BCUT2D eigenvalue weighted by molar-refractivity contribution is 0.0753. The smallest absolute Gasteiger partial charge is 0.293 e. The molecular formula is C9H14N4O2. The molecule has 2 heterocycles. The van der Waals surface area contributed by atoms with E-state index in [4.69, 9.17) is 0 Å². The molecule has 0 unspecified atom stereocenters. The minimum Gasteiger partial charge on any atom is -0.391 e. The molecule has 2 N–H and O–H groups in total. The first-order valence-corrected chi connectivity index (χ1v) is 5.09. The minimum atomic E-state index is -0.404. The van der Waals surface area contributed by atoms with Gasteiger partial charge in [0, 0.05) is 19.5 Å². The molecule has 1 fully saturated rings. The highest BCUT2D eigenvalue weighted by molar-refractivity contribution is 5.90. The Balaban J connectivity index is 2.07. The molecule has 1 aromatic heterocycles. The third kappa shape index (κ3) is 1.99. The van der Waals surface area contributed by atoms with Crippen LogP contribution in [0.15, 0.2) is 0 Å². The van der Waals surface area contributed by atoms with Crippen molar-refractivity contribution in [1.82, 2.24) is 20.1 Å². The molecule has 6 heteroatoms. The molecule has 15 heavy (non-hydrogen) atoms. The molecule has 0 radical (unpaired) electrons. The van der Waals surface area contributed by atoms with Crippen LogP contribution in [0.4, 0.5) is 0 Å². The van der Waals surface area contributed by atoms with Crippen molar-refractivity contribution in [3.63, 3.8) is 0 Å². The van der Waals surface area contributed by atoms with Gasteiger partial charge in [-0.3, -0.25) is 9.89 Å². The summed E-state index contributed by atoms with van der Waals surface area (Å²) in [6, 6.07) is 0. The Bertz CT molecular complexity index is 363. The van der Waals surface area contributed by atoms with Gasteiger partial charge in [0.25, 0.3) is 5.91 Å². The fourth-order valence-corrected chi connectivity index (χ4v) is 1.62. The molecular weight excluding hydrogens is 196 g/mol. The predicted molar refractivity (Wildman–Crippen MR) is 52.3 cm³/mol. The molecule has 2 rings (SSSR count). The number of rotatable bonds is 2. The second kappa shape index (κ2) is 3.98. The number of carbonyl (C=O) groups is 1. The fourth-order valence-electron chi connectivity index (χ4n) is 1.62. The molecule has 1 aromatic rings. The van der Waals surface area contributed by atoms with Crippen molar-refractivity contribution in [1.29, 1.82) is 0 Å². The van der Waals surface area contributed by atoms with Crippen molar-refractivity contribution in [2.24, 2.45) is 0 Å². The van der Waals surface area contributed by atoms with Gasteiger partial charge in [-0.2, -0.15) is 0 Å². The van der Waals surface area contributed by atoms with E-state index in [0.29, 0.717) is 25.3 Å². The van der Waals surface area contributed by atoms with Gasteiger partial charge in [-0.15, -0.1) is 5.10 Å². The zero-order valence-electron chi connectivity index (χ0n) is 8.60. The number of amides is 1. The molecule has 1 saturated heterocycles. The van der Waals surface area contributed by atoms with Crippen LogP contribution < -0.4 is 0 Å². The summed E-state index contributed by atoms with van der Waals surface area (Å²) < 4.78 is 0. The number of aromatic amines is 1. The van der Waals surface area contributed by atoms with Gasteiger partial charge in [0.15, 0.2) is 0 Å². The van der Waals surface area contributed by atoms with E-state index in [1.807, 2.05) is 6.92 Å². The average Bonchev–Trinajstić information content (AvgIpc) is 2.84. The lowest BCUT2D eigenvalue weighted by atomic mass is 10.3. The largest absolute Gasteiger partial charge is 0.391 e. The number of aliphatic hydroxyl groups excluding tert-OH is 1. The minimum absolute atomic E-state index is 0.195. The van der Waals surface area contributed by atoms with E-state index in [1.54, 1.807) is 4.90 Å². The molecule has 1 amide bonds. The number of aromatic nitrogens is 3. The summed E-state index contributed by atoms with van der Waals surface area (Å²) in [5.74, 6) is 0.696. The molecule has 1 aliphatic rings. The van der Waals surface area contributed by atoms with Gasteiger partial charge in [-0.25, -0.2) is 4.98 Å². The lowest BCUT2D eigenvalue weighted by Crippen LogP contribution is -2.30. The van der Waals surface area contributed by atoms with Crippen LogP contribution >= 0.6 is 0 Å². The maximum absolute atomic E-state index is 11.8. The van der Waals surface area contributed by atoms with Crippen LogP contribution in [0.1, 0.15) is 29.8 Å². The first-order valence-electron chi connectivity index (χ1n) is 5.09. The third-order valence-electron chi connectivity index (χ3n) is 2.51. The van der Waals surface area contributed by atoms with Crippen LogP contribution in [0.2, 0.25) is 0 Å². The molecule has 0 aromatic carbocycles. The maximum atomic E-state index is 11.8. The Hall–Kier alpha value is -1.43. The molecule has 0 saturated carbocycles. The zero-order valence-corrected chi connectivity index (χ0v) is 8.60. The molecule has 6 nitrogen and oxygen atoms in total. The molecule has 0 bridgehead atoms. The fraction of sp³-hybridized carbons (Fsp3) is 0.667. The number of aryl methyl sites for hydroxylation is 1. The van der Waals surface area contributed by atoms with Crippen molar-refractivity contribution >= 4 is 5.91 Å². The topological polar surface area (TPSA) is 82.1 Å². The van der Waals surface area contributed by atoms with E-state index in [0.717, 1.165) is 6.42 Å². The van der Waals surface area contributed by atoms with Gasteiger partial charge < -0.3 is 10.0 Å². The summed E-state index contributed by atoms with van der Waals surface area (Å²) in [5.41, 5.74) is 0. The zero-order chi connectivity index (χ0) is 10.8. The second-order valence-corrected chi connectivity index (χ2v) is 3.65. The van der Waals surface area contributed by atoms with Crippen LogP contribution in [-0.2, 0) is 6.42 Å². The highest BCUT2D eigenvalue weighted by Crippen LogP contribution is 2.11. The molecule has 1 atom stereocenters. The summed E-state index contributed by atoms with van der Waals surface area (Å²) >= 11 is 0. The number of likely N-dealkylation sites (tertiary alicyclic amines) is 1. The van der Waals surface area contributed by atoms with Crippen LogP contribution in [0.5, 0.6) is 0 Å². The van der Waals surface area contributed by atoms with E-state index < -0.39 is 6.10 Å². The highest BCUT2D eigenvalue weighted by atomic mass is 16.3. The first-order chi connectivity index (χ1) is 7.20. The van der Waals surface area contributed by atoms with Gasteiger partial charge >= 0.3 is 0 Å². The van der Waals surface area contributed by atoms with Gasteiger partial charge in [-0.1, -0.05) is 6.92 Å². The number of hydrogen-bond donors (Lipinski definition) is 2. The van der Waals surface area contributed by atoms with Gasteiger partial charge in [0.05, 0.1) is 6.10 Å². The summed E-state index contributed by atoms with van der Waals surface area (Å²) in [7, 11) is 0. The first kappa shape index (κ1) is 10.1. The molecule has 82 valence electrons. The van der Waals surface area contributed by atoms with Crippen molar-refractivity contribution in [3.05, 3.63) is 11.6 Å². The Morgan fingerprint density at radius 1 is 1.73 bits per heavy atom. The van der Waals surface area contributed by atoms with Crippen LogP contribution in [0.25, 0.3) is 0 Å². The maximum Gasteiger partial charge on any atom is 0.293 e. The number of carbonyl (C=O) groups excluding carboxylic acids is 1. The number of β-amino-alcohol motifs (C(OH)–C–C–N with tert-alkyl or cyclic N) is 1. The Kier molecular flexibility index (Phi) is 2.68. The summed E-state index contributed by atoms with van der Waals surface area (Å²) in [6.07, 6.45) is 0.957. The quantitative estimate of drug-likeness (QED) is 0.694. The Morgan fingerprint density at radius 3 is 3.07 bits per heavy atom. The summed E-state index contributed by atoms with van der Waals surface area (Å²) in [5, 5.41) is 15.9. The summed E-state index contributed by atoms with van der Waals surface area (Å²) in [4.78, 5) is 17.4. The molecule has 0 spiro atoms. The van der Waals surface area contributed by atoms with E-state index >= 15 is 0 Å². The van der Waals surface area contributed by atoms with Crippen LogP contribution in [0.3, 0.4) is 0 Å². The van der Waals surface area contributed by atoms with Crippen molar-refractivity contribution < 1.29 is 9.90 Å². The highest BCUT2D eigenvalue weighted by Gasteiger charge is 2.27. The summed E-state index contributed by atoms with van der Waals surface area (Å²) in [6.45, 7) is 2.90. The Morgan fingerprint density at radius 2 is 2.53 bits per heavy atom. The normalized spacial score (nSPS) is 20.9. The van der Waals surface area contributed by atoms with E-state index in [-0.39, 0.29) is 11.7 Å². The predicted octanol–water partition coefficient (Wildman–Crippen LogP) is -0.426. The third-order valence-corrected chi connectivity index (χ3v) is 2.51. The van der Waals surface area contributed by atoms with Crippen molar-refractivity contribution in [2.45, 2.75) is 25.9 Å².